The number of carbonyl (C=O) groups is 1. The Morgan fingerprint density at radius 2 is 1.92 bits per heavy atom. The molecule has 1 aliphatic heterocycles. The van der Waals surface area contributed by atoms with Crippen molar-refractivity contribution in [3.05, 3.63) is 70.7 Å². The topological polar surface area (TPSA) is 41.6 Å². The van der Waals surface area contributed by atoms with Crippen LogP contribution in [0.25, 0.3) is 0 Å². The Bertz CT molecular complexity index is 676. The zero-order chi connectivity index (χ0) is 17.5. The standard InChI is InChI=1S/C20H23ClN2O2/c21-18-9-7-17(8-10-18)20(24)22-11-4-12-23-13-14-25-19(15-23)16-5-2-1-3-6-16/h1-3,5-10,19H,4,11-15H2,(H,22,24). The molecule has 0 aliphatic carbocycles. The Morgan fingerprint density at radius 1 is 1.16 bits per heavy atom. The molecule has 1 unspecified atom stereocenters. The first-order valence-electron chi connectivity index (χ1n) is 8.65. The van der Waals surface area contributed by atoms with E-state index in [9.17, 15) is 4.79 Å². The fourth-order valence-corrected chi connectivity index (χ4v) is 3.11. The van der Waals surface area contributed by atoms with Crippen LogP contribution in [0.5, 0.6) is 0 Å². The highest BCUT2D eigenvalue weighted by Crippen LogP contribution is 2.21. The van der Waals surface area contributed by atoms with Crippen molar-refractivity contribution >= 4 is 17.5 Å². The lowest BCUT2D eigenvalue weighted by atomic mass is 10.1. The van der Waals surface area contributed by atoms with Crippen molar-refractivity contribution in [1.29, 1.82) is 0 Å². The van der Waals surface area contributed by atoms with Gasteiger partial charge in [0, 0.05) is 36.8 Å². The van der Waals surface area contributed by atoms with E-state index in [0.717, 1.165) is 32.7 Å². The van der Waals surface area contributed by atoms with Gasteiger partial charge in [0.15, 0.2) is 0 Å². The van der Waals surface area contributed by atoms with Gasteiger partial charge in [0.25, 0.3) is 5.91 Å². The lowest BCUT2D eigenvalue weighted by Crippen LogP contribution is -2.39. The first-order valence-corrected chi connectivity index (χ1v) is 9.03. The van der Waals surface area contributed by atoms with Gasteiger partial charge in [-0.3, -0.25) is 9.69 Å². The van der Waals surface area contributed by atoms with Crippen LogP contribution in [0, 0.1) is 0 Å². The summed E-state index contributed by atoms with van der Waals surface area (Å²) in [5.41, 5.74) is 1.86. The molecule has 0 bridgehead atoms. The second-order valence-corrected chi connectivity index (χ2v) is 6.62. The molecule has 3 rings (SSSR count). The number of carbonyl (C=O) groups excluding carboxylic acids is 1. The number of nitrogens with one attached hydrogen (secondary N) is 1. The van der Waals surface area contributed by atoms with E-state index in [1.807, 2.05) is 18.2 Å². The maximum absolute atomic E-state index is 12.1. The van der Waals surface area contributed by atoms with Crippen LogP contribution in [-0.4, -0.2) is 43.6 Å². The fourth-order valence-electron chi connectivity index (χ4n) is 2.98. The molecule has 2 aromatic rings. The smallest absolute Gasteiger partial charge is 0.251 e. The average molecular weight is 359 g/mol. The molecule has 0 radical (unpaired) electrons. The number of rotatable bonds is 6. The third kappa shape index (κ3) is 5.30. The summed E-state index contributed by atoms with van der Waals surface area (Å²) >= 11 is 5.84. The van der Waals surface area contributed by atoms with Gasteiger partial charge in [0.2, 0.25) is 0 Å². The second-order valence-electron chi connectivity index (χ2n) is 6.19. The van der Waals surface area contributed by atoms with E-state index in [1.54, 1.807) is 24.3 Å². The summed E-state index contributed by atoms with van der Waals surface area (Å²) in [6.07, 6.45) is 1.06. The van der Waals surface area contributed by atoms with Crippen molar-refractivity contribution in [2.75, 3.05) is 32.8 Å². The van der Waals surface area contributed by atoms with E-state index in [-0.39, 0.29) is 12.0 Å². The van der Waals surface area contributed by atoms with Crippen molar-refractivity contribution in [2.45, 2.75) is 12.5 Å². The van der Waals surface area contributed by atoms with Crippen LogP contribution in [0.2, 0.25) is 5.02 Å². The molecule has 2 aromatic carbocycles. The summed E-state index contributed by atoms with van der Waals surface area (Å²) in [4.78, 5) is 14.5. The first-order chi connectivity index (χ1) is 12.2. The SMILES string of the molecule is O=C(NCCCN1CCOC(c2ccccc2)C1)c1ccc(Cl)cc1. The molecule has 1 aliphatic rings. The van der Waals surface area contributed by atoms with Gasteiger partial charge in [-0.15, -0.1) is 0 Å². The van der Waals surface area contributed by atoms with Gasteiger partial charge in [-0.2, -0.15) is 0 Å². The average Bonchev–Trinajstić information content (AvgIpc) is 2.66. The fraction of sp³-hybridized carbons (Fsp3) is 0.350. The number of nitrogens with zero attached hydrogens (tertiary/aromatic N) is 1. The van der Waals surface area contributed by atoms with E-state index >= 15 is 0 Å². The molecule has 132 valence electrons. The predicted molar refractivity (Wildman–Crippen MR) is 100.0 cm³/mol. The Kier molecular flexibility index (Phi) is 6.45. The number of halogens is 1. The molecular weight excluding hydrogens is 336 g/mol. The number of hydrogen-bond donors (Lipinski definition) is 1. The zero-order valence-electron chi connectivity index (χ0n) is 14.2. The molecule has 1 amide bonds. The molecule has 0 aromatic heterocycles. The highest BCUT2D eigenvalue weighted by Gasteiger charge is 2.21. The Morgan fingerprint density at radius 3 is 2.68 bits per heavy atom. The summed E-state index contributed by atoms with van der Waals surface area (Å²) < 4.78 is 5.88. The van der Waals surface area contributed by atoms with E-state index in [1.165, 1.54) is 5.56 Å². The largest absolute Gasteiger partial charge is 0.371 e. The van der Waals surface area contributed by atoms with Gasteiger partial charge in [-0.1, -0.05) is 41.9 Å². The van der Waals surface area contributed by atoms with Crippen molar-refractivity contribution in [3.8, 4) is 0 Å². The lowest BCUT2D eigenvalue weighted by Gasteiger charge is -2.33. The summed E-state index contributed by atoms with van der Waals surface area (Å²) in [7, 11) is 0. The maximum Gasteiger partial charge on any atom is 0.251 e. The molecule has 25 heavy (non-hydrogen) atoms. The van der Waals surface area contributed by atoms with E-state index < -0.39 is 0 Å². The molecule has 1 atom stereocenters. The summed E-state index contributed by atoms with van der Waals surface area (Å²) in [6, 6.07) is 17.3. The molecule has 1 N–H and O–H groups in total. The van der Waals surface area contributed by atoms with Crippen LogP contribution in [0.15, 0.2) is 54.6 Å². The molecule has 0 spiro atoms. The van der Waals surface area contributed by atoms with Crippen molar-refractivity contribution < 1.29 is 9.53 Å². The van der Waals surface area contributed by atoms with Crippen LogP contribution in [0.3, 0.4) is 0 Å². The molecular formula is C20H23ClN2O2. The number of amides is 1. The van der Waals surface area contributed by atoms with Crippen molar-refractivity contribution in [2.24, 2.45) is 0 Å². The second kappa shape index (κ2) is 8.99. The summed E-state index contributed by atoms with van der Waals surface area (Å²) in [5, 5.41) is 3.60. The van der Waals surface area contributed by atoms with Gasteiger partial charge in [-0.25, -0.2) is 0 Å². The molecule has 1 fully saturated rings. The summed E-state index contributed by atoms with van der Waals surface area (Å²) in [5.74, 6) is -0.0548. The minimum absolute atomic E-state index is 0.0548. The summed E-state index contributed by atoms with van der Waals surface area (Å²) in [6.45, 7) is 4.20. The highest BCUT2D eigenvalue weighted by molar-refractivity contribution is 6.30. The number of morpholine rings is 1. The minimum atomic E-state index is -0.0548. The van der Waals surface area contributed by atoms with Gasteiger partial charge in [0.05, 0.1) is 12.7 Å². The van der Waals surface area contributed by atoms with Crippen LogP contribution in [0.1, 0.15) is 28.4 Å². The van der Waals surface area contributed by atoms with Gasteiger partial charge >= 0.3 is 0 Å². The predicted octanol–water partition coefficient (Wildman–Crippen LogP) is 3.53. The van der Waals surface area contributed by atoms with Crippen molar-refractivity contribution in [3.63, 3.8) is 0 Å². The Balaban J connectivity index is 1.40. The molecule has 4 nitrogen and oxygen atoms in total. The molecule has 1 saturated heterocycles. The Hall–Kier alpha value is -1.88. The molecule has 0 saturated carbocycles. The first kappa shape index (κ1) is 17.9. The highest BCUT2D eigenvalue weighted by atomic mass is 35.5. The maximum atomic E-state index is 12.1. The van der Waals surface area contributed by atoms with E-state index in [2.05, 4.69) is 22.3 Å². The quantitative estimate of drug-likeness (QED) is 0.803. The van der Waals surface area contributed by atoms with Crippen LogP contribution in [-0.2, 0) is 4.74 Å². The number of benzene rings is 2. The van der Waals surface area contributed by atoms with E-state index in [4.69, 9.17) is 16.3 Å². The normalized spacial score (nSPS) is 18.0. The molecule has 5 heteroatoms. The third-order valence-electron chi connectivity index (χ3n) is 4.37. The number of hydrogen-bond acceptors (Lipinski definition) is 3. The third-order valence-corrected chi connectivity index (χ3v) is 4.62. The van der Waals surface area contributed by atoms with Gasteiger partial charge in [0.1, 0.15) is 0 Å². The lowest BCUT2D eigenvalue weighted by molar-refractivity contribution is -0.0301. The molecule has 1 heterocycles. The van der Waals surface area contributed by atoms with Crippen LogP contribution < -0.4 is 5.32 Å². The Labute approximate surface area is 153 Å². The van der Waals surface area contributed by atoms with Gasteiger partial charge in [-0.05, 0) is 36.2 Å². The van der Waals surface area contributed by atoms with Crippen molar-refractivity contribution in [1.82, 2.24) is 10.2 Å². The number of ether oxygens (including phenoxy) is 1. The monoisotopic (exact) mass is 358 g/mol. The zero-order valence-corrected chi connectivity index (χ0v) is 14.9. The minimum Gasteiger partial charge on any atom is -0.371 e. The van der Waals surface area contributed by atoms with Gasteiger partial charge < -0.3 is 10.1 Å². The van der Waals surface area contributed by atoms with Crippen LogP contribution in [0.4, 0.5) is 0 Å². The van der Waals surface area contributed by atoms with Crippen LogP contribution >= 0.6 is 11.6 Å². The van der Waals surface area contributed by atoms with E-state index in [0.29, 0.717) is 17.1 Å².